The summed E-state index contributed by atoms with van der Waals surface area (Å²) in [4.78, 5) is 2.10. The third-order valence-corrected chi connectivity index (χ3v) is 3.45. The molecule has 0 aliphatic carbocycles. The first-order valence-corrected chi connectivity index (χ1v) is 6.64. The SMILES string of the molecule is CN(Cc1ccc(Br)cc1N)c1ccc(C#N)cc1. The predicted molar refractivity (Wildman–Crippen MR) is 81.8 cm³/mol. The summed E-state index contributed by atoms with van der Waals surface area (Å²) in [6, 6.07) is 15.5. The molecule has 0 atom stereocenters. The van der Waals surface area contributed by atoms with Crippen molar-refractivity contribution >= 4 is 27.3 Å². The third kappa shape index (κ3) is 3.27. The second kappa shape index (κ2) is 5.77. The van der Waals surface area contributed by atoms with E-state index in [0.717, 1.165) is 28.0 Å². The second-order valence-corrected chi connectivity index (χ2v) is 5.27. The minimum atomic E-state index is 0.667. The zero-order valence-electron chi connectivity index (χ0n) is 10.6. The average Bonchev–Trinajstić information content (AvgIpc) is 2.42. The molecule has 4 heteroatoms. The van der Waals surface area contributed by atoms with Crippen molar-refractivity contribution < 1.29 is 0 Å². The van der Waals surface area contributed by atoms with Crippen LogP contribution >= 0.6 is 15.9 Å². The van der Waals surface area contributed by atoms with E-state index in [1.165, 1.54) is 0 Å². The maximum absolute atomic E-state index is 8.78. The molecule has 2 rings (SSSR count). The highest BCUT2D eigenvalue weighted by atomic mass is 79.9. The first-order chi connectivity index (χ1) is 9.10. The highest BCUT2D eigenvalue weighted by molar-refractivity contribution is 9.10. The summed E-state index contributed by atoms with van der Waals surface area (Å²) in [6.07, 6.45) is 0. The third-order valence-electron chi connectivity index (χ3n) is 2.95. The van der Waals surface area contributed by atoms with E-state index in [9.17, 15) is 0 Å². The molecule has 96 valence electrons. The molecule has 0 aliphatic heterocycles. The van der Waals surface area contributed by atoms with E-state index in [0.29, 0.717) is 5.56 Å². The van der Waals surface area contributed by atoms with Gasteiger partial charge in [0.2, 0.25) is 0 Å². The van der Waals surface area contributed by atoms with Gasteiger partial charge in [-0.1, -0.05) is 22.0 Å². The Labute approximate surface area is 121 Å². The molecule has 0 saturated heterocycles. The summed E-state index contributed by atoms with van der Waals surface area (Å²) in [5, 5.41) is 8.78. The van der Waals surface area contributed by atoms with Gasteiger partial charge in [-0.15, -0.1) is 0 Å². The molecule has 2 N–H and O–H groups in total. The molecule has 2 aromatic carbocycles. The molecule has 0 saturated carbocycles. The van der Waals surface area contributed by atoms with E-state index < -0.39 is 0 Å². The van der Waals surface area contributed by atoms with Crippen LogP contribution < -0.4 is 10.6 Å². The van der Waals surface area contributed by atoms with Crippen LogP contribution in [0.5, 0.6) is 0 Å². The Kier molecular flexibility index (Phi) is 4.08. The van der Waals surface area contributed by atoms with Crippen molar-refractivity contribution in [3.63, 3.8) is 0 Å². The average molecular weight is 316 g/mol. The Morgan fingerprint density at radius 1 is 1.21 bits per heavy atom. The van der Waals surface area contributed by atoms with E-state index in [1.807, 2.05) is 49.5 Å². The van der Waals surface area contributed by atoms with E-state index in [1.54, 1.807) is 0 Å². The molecule has 0 bridgehead atoms. The first kappa shape index (κ1) is 13.4. The number of nitrogens with zero attached hydrogens (tertiary/aromatic N) is 2. The van der Waals surface area contributed by atoms with Crippen LogP contribution in [-0.4, -0.2) is 7.05 Å². The Morgan fingerprint density at radius 3 is 2.47 bits per heavy atom. The second-order valence-electron chi connectivity index (χ2n) is 4.36. The molecule has 0 unspecified atom stereocenters. The number of hydrogen-bond donors (Lipinski definition) is 1. The fourth-order valence-electron chi connectivity index (χ4n) is 1.85. The standard InChI is InChI=1S/C15H14BrN3/c1-19(14-6-2-11(9-17)3-7-14)10-12-4-5-13(16)8-15(12)18/h2-8H,10,18H2,1H3. The van der Waals surface area contributed by atoms with Gasteiger partial charge in [0.25, 0.3) is 0 Å². The highest BCUT2D eigenvalue weighted by Gasteiger charge is 2.05. The van der Waals surface area contributed by atoms with Gasteiger partial charge in [0.15, 0.2) is 0 Å². The Balaban J connectivity index is 2.16. The van der Waals surface area contributed by atoms with Gasteiger partial charge in [0.05, 0.1) is 11.6 Å². The number of rotatable bonds is 3. The number of nitrogens with two attached hydrogens (primary N) is 1. The number of hydrogen-bond acceptors (Lipinski definition) is 3. The molecule has 0 fully saturated rings. The van der Waals surface area contributed by atoms with E-state index in [4.69, 9.17) is 11.0 Å². The molecule has 0 aliphatic rings. The molecular formula is C15H14BrN3. The maximum Gasteiger partial charge on any atom is 0.0991 e. The molecule has 0 radical (unpaired) electrons. The van der Waals surface area contributed by atoms with Gasteiger partial charge in [-0.25, -0.2) is 0 Å². The number of halogens is 1. The summed E-state index contributed by atoms with van der Waals surface area (Å²) in [6.45, 7) is 0.727. The van der Waals surface area contributed by atoms with Crippen molar-refractivity contribution in [3.05, 3.63) is 58.1 Å². The number of nitrogen functional groups attached to an aromatic ring is 1. The smallest absolute Gasteiger partial charge is 0.0991 e. The monoisotopic (exact) mass is 315 g/mol. The van der Waals surface area contributed by atoms with Crippen LogP contribution in [0.4, 0.5) is 11.4 Å². The molecular weight excluding hydrogens is 302 g/mol. The zero-order chi connectivity index (χ0) is 13.8. The number of anilines is 2. The molecule has 0 spiro atoms. The molecule has 0 heterocycles. The topological polar surface area (TPSA) is 53.0 Å². The van der Waals surface area contributed by atoms with Gasteiger partial charge >= 0.3 is 0 Å². The lowest BCUT2D eigenvalue weighted by Gasteiger charge is -2.20. The van der Waals surface area contributed by atoms with Crippen LogP contribution in [0.3, 0.4) is 0 Å². The minimum Gasteiger partial charge on any atom is -0.398 e. The quantitative estimate of drug-likeness (QED) is 0.881. The van der Waals surface area contributed by atoms with Crippen molar-refractivity contribution in [1.29, 1.82) is 5.26 Å². The van der Waals surface area contributed by atoms with Crippen molar-refractivity contribution in [1.82, 2.24) is 0 Å². The summed E-state index contributed by atoms with van der Waals surface area (Å²) in [5.74, 6) is 0. The van der Waals surface area contributed by atoms with Crippen molar-refractivity contribution in [3.8, 4) is 6.07 Å². The summed E-state index contributed by atoms with van der Waals surface area (Å²) >= 11 is 3.40. The molecule has 3 nitrogen and oxygen atoms in total. The van der Waals surface area contributed by atoms with Gasteiger partial charge in [-0.2, -0.15) is 5.26 Å². The Bertz CT molecular complexity index is 614. The van der Waals surface area contributed by atoms with E-state index >= 15 is 0 Å². The summed E-state index contributed by atoms with van der Waals surface area (Å²) in [5.41, 5.74) is 9.57. The number of nitriles is 1. The van der Waals surface area contributed by atoms with Crippen molar-refractivity contribution in [2.24, 2.45) is 0 Å². The first-order valence-electron chi connectivity index (χ1n) is 5.85. The molecule has 0 amide bonds. The van der Waals surface area contributed by atoms with Crippen LogP contribution in [0.2, 0.25) is 0 Å². The minimum absolute atomic E-state index is 0.667. The highest BCUT2D eigenvalue weighted by Crippen LogP contribution is 2.22. The van der Waals surface area contributed by atoms with Crippen molar-refractivity contribution in [2.45, 2.75) is 6.54 Å². The lowest BCUT2D eigenvalue weighted by atomic mass is 10.1. The number of benzene rings is 2. The van der Waals surface area contributed by atoms with E-state index in [2.05, 4.69) is 26.9 Å². The van der Waals surface area contributed by atoms with Crippen LogP contribution in [-0.2, 0) is 6.54 Å². The van der Waals surface area contributed by atoms with Gasteiger partial charge in [0.1, 0.15) is 0 Å². The lowest BCUT2D eigenvalue weighted by Crippen LogP contribution is -2.17. The summed E-state index contributed by atoms with van der Waals surface area (Å²) < 4.78 is 0.981. The normalized spacial score (nSPS) is 9.95. The van der Waals surface area contributed by atoms with Gasteiger partial charge in [-0.3, -0.25) is 0 Å². The summed E-state index contributed by atoms with van der Waals surface area (Å²) in [7, 11) is 2.00. The fraction of sp³-hybridized carbons (Fsp3) is 0.133. The predicted octanol–water partition coefficient (Wildman–Crippen LogP) is 3.54. The van der Waals surface area contributed by atoms with Crippen LogP contribution in [0, 0.1) is 11.3 Å². The van der Waals surface area contributed by atoms with Gasteiger partial charge in [0, 0.05) is 29.4 Å². The molecule has 0 aromatic heterocycles. The van der Waals surface area contributed by atoms with Crippen LogP contribution in [0.15, 0.2) is 46.9 Å². The largest absolute Gasteiger partial charge is 0.398 e. The van der Waals surface area contributed by atoms with Crippen molar-refractivity contribution in [2.75, 3.05) is 17.7 Å². The fourth-order valence-corrected chi connectivity index (χ4v) is 2.23. The Morgan fingerprint density at radius 2 is 1.89 bits per heavy atom. The van der Waals surface area contributed by atoms with Crippen LogP contribution in [0.1, 0.15) is 11.1 Å². The lowest BCUT2D eigenvalue weighted by molar-refractivity contribution is 0.925. The Hall–Kier alpha value is -1.99. The van der Waals surface area contributed by atoms with Gasteiger partial charge < -0.3 is 10.6 Å². The van der Waals surface area contributed by atoms with Crippen LogP contribution in [0.25, 0.3) is 0 Å². The molecule has 2 aromatic rings. The van der Waals surface area contributed by atoms with Gasteiger partial charge in [-0.05, 0) is 42.0 Å². The zero-order valence-corrected chi connectivity index (χ0v) is 12.2. The van der Waals surface area contributed by atoms with E-state index in [-0.39, 0.29) is 0 Å². The maximum atomic E-state index is 8.78. The molecule has 19 heavy (non-hydrogen) atoms.